The minimum absolute atomic E-state index is 0.169. The average Bonchev–Trinajstić information content (AvgIpc) is 3.45. The van der Waals surface area contributed by atoms with Crippen molar-refractivity contribution < 1.29 is 4.79 Å². The molecule has 1 aliphatic carbocycles. The van der Waals surface area contributed by atoms with Crippen molar-refractivity contribution in [1.29, 1.82) is 0 Å². The average molecular weight is 398 g/mol. The van der Waals surface area contributed by atoms with Crippen LogP contribution in [0.1, 0.15) is 24.0 Å². The van der Waals surface area contributed by atoms with Crippen molar-refractivity contribution in [3.63, 3.8) is 0 Å². The summed E-state index contributed by atoms with van der Waals surface area (Å²) in [6.45, 7) is 3.72. The predicted molar refractivity (Wildman–Crippen MR) is 109 cm³/mol. The van der Waals surface area contributed by atoms with E-state index in [-0.39, 0.29) is 18.5 Å². The fourth-order valence-electron chi connectivity index (χ4n) is 3.23. The second-order valence-corrected chi connectivity index (χ2v) is 7.72. The molecule has 28 heavy (non-hydrogen) atoms. The van der Waals surface area contributed by atoms with Crippen LogP contribution >= 0.6 is 11.6 Å². The lowest BCUT2D eigenvalue weighted by molar-refractivity contribution is -0.121. The number of fused-ring (bicyclic) bond motifs is 1. The van der Waals surface area contributed by atoms with E-state index >= 15 is 0 Å². The lowest BCUT2D eigenvalue weighted by Gasteiger charge is -2.15. The first-order valence-corrected chi connectivity index (χ1v) is 9.55. The van der Waals surface area contributed by atoms with E-state index in [1.54, 1.807) is 30.3 Å². The van der Waals surface area contributed by atoms with Crippen LogP contribution < -0.4 is 16.6 Å². The van der Waals surface area contributed by atoms with Crippen molar-refractivity contribution >= 4 is 28.4 Å². The summed E-state index contributed by atoms with van der Waals surface area (Å²) in [5.41, 5.74) is 1.87. The Kier molecular flexibility index (Phi) is 4.59. The van der Waals surface area contributed by atoms with Crippen LogP contribution in [0.3, 0.4) is 0 Å². The third-order valence-corrected chi connectivity index (χ3v) is 5.33. The van der Waals surface area contributed by atoms with E-state index in [2.05, 4.69) is 5.32 Å². The molecule has 1 aliphatic rings. The Morgan fingerprint density at radius 2 is 1.86 bits per heavy atom. The molecule has 0 unspecified atom stereocenters. The van der Waals surface area contributed by atoms with Gasteiger partial charge in [0.1, 0.15) is 6.54 Å². The number of aryl methyl sites for hydroxylation is 2. The van der Waals surface area contributed by atoms with E-state index in [4.69, 9.17) is 11.6 Å². The summed E-state index contributed by atoms with van der Waals surface area (Å²) < 4.78 is 2.43. The Morgan fingerprint density at radius 1 is 1.11 bits per heavy atom. The highest BCUT2D eigenvalue weighted by Crippen LogP contribution is 2.20. The van der Waals surface area contributed by atoms with E-state index in [0.29, 0.717) is 21.6 Å². The number of hydrogen-bond donors (Lipinski definition) is 1. The van der Waals surface area contributed by atoms with Gasteiger partial charge >= 0.3 is 5.69 Å². The fraction of sp³-hybridized carbons (Fsp3) is 0.286. The second-order valence-electron chi connectivity index (χ2n) is 7.28. The number of aromatic nitrogens is 2. The number of benzene rings is 2. The first kappa shape index (κ1) is 18.5. The van der Waals surface area contributed by atoms with Gasteiger partial charge in [0, 0.05) is 11.1 Å². The molecular weight excluding hydrogens is 378 g/mol. The molecule has 0 bridgehead atoms. The van der Waals surface area contributed by atoms with Crippen molar-refractivity contribution in [2.24, 2.45) is 0 Å². The highest BCUT2D eigenvalue weighted by molar-refractivity contribution is 6.31. The molecule has 1 saturated carbocycles. The molecule has 6 nitrogen and oxygen atoms in total. The number of rotatable bonds is 4. The van der Waals surface area contributed by atoms with Crippen LogP contribution in [0.5, 0.6) is 0 Å². The minimum Gasteiger partial charge on any atom is -0.352 e. The van der Waals surface area contributed by atoms with Gasteiger partial charge in [-0.3, -0.25) is 14.2 Å². The standard InChI is InChI=1S/C21H20ClN3O3/c1-12-3-7-16(9-13(12)2)25-20(27)17-8-4-14(22)10-18(17)24(21(25)28)11-19(26)23-15-5-6-15/h3-4,7-10,15H,5-6,11H2,1-2H3,(H,23,26). The molecule has 2 aromatic carbocycles. The third-order valence-electron chi connectivity index (χ3n) is 5.10. The first-order valence-electron chi connectivity index (χ1n) is 9.17. The zero-order valence-corrected chi connectivity index (χ0v) is 16.4. The summed E-state index contributed by atoms with van der Waals surface area (Å²) in [6, 6.07) is 10.3. The van der Waals surface area contributed by atoms with E-state index < -0.39 is 11.2 Å². The Morgan fingerprint density at radius 3 is 2.54 bits per heavy atom. The van der Waals surface area contributed by atoms with Crippen LogP contribution in [0.4, 0.5) is 0 Å². The molecule has 7 heteroatoms. The van der Waals surface area contributed by atoms with E-state index in [1.807, 2.05) is 19.9 Å². The zero-order chi connectivity index (χ0) is 20.0. The minimum atomic E-state index is -0.561. The van der Waals surface area contributed by atoms with Gasteiger partial charge < -0.3 is 5.32 Å². The quantitative estimate of drug-likeness (QED) is 0.735. The van der Waals surface area contributed by atoms with Gasteiger partial charge in [-0.25, -0.2) is 9.36 Å². The molecule has 1 fully saturated rings. The lowest BCUT2D eigenvalue weighted by atomic mass is 10.1. The van der Waals surface area contributed by atoms with Crippen molar-refractivity contribution in [2.75, 3.05) is 0 Å². The SMILES string of the molecule is Cc1ccc(-n2c(=O)c3ccc(Cl)cc3n(CC(=O)NC3CC3)c2=O)cc1C. The van der Waals surface area contributed by atoms with Crippen molar-refractivity contribution in [2.45, 2.75) is 39.3 Å². The molecule has 0 spiro atoms. The molecule has 0 saturated heterocycles. The van der Waals surface area contributed by atoms with Crippen LogP contribution in [-0.4, -0.2) is 21.1 Å². The number of halogens is 1. The highest BCUT2D eigenvalue weighted by atomic mass is 35.5. The van der Waals surface area contributed by atoms with Crippen molar-refractivity contribution in [1.82, 2.24) is 14.5 Å². The Hall–Kier alpha value is -2.86. The molecule has 1 N–H and O–H groups in total. The van der Waals surface area contributed by atoms with Crippen LogP contribution in [0.25, 0.3) is 16.6 Å². The van der Waals surface area contributed by atoms with Gasteiger partial charge in [0.2, 0.25) is 5.91 Å². The van der Waals surface area contributed by atoms with Crippen LogP contribution in [0, 0.1) is 13.8 Å². The normalized spacial score (nSPS) is 13.7. The fourth-order valence-corrected chi connectivity index (χ4v) is 3.40. The third kappa shape index (κ3) is 3.36. The monoisotopic (exact) mass is 397 g/mol. The second kappa shape index (κ2) is 6.95. The molecule has 0 aliphatic heterocycles. The van der Waals surface area contributed by atoms with Crippen LogP contribution in [-0.2, 0) is 11.3 Å². The Labute approximate surface area is 166 Å². The maximum atomic E-state index is 13.3. The smallest absolute Gasteiger partial charge is 0.336 e. The van der Waals surface area contributed by atoms with Gasteiger partial charge in [-0.15, -0.1) is 0 Å². The first-order chi connectivity index (χ1) is 13.3. The number of nitrogens with one attached hydrogen (secondary N) is 1. The van der Waals surface area contributed by atoms with E-state index in [1.165, 1.54) is 4.57 Å². The summed E-state index contributed by atoms with van der Waals surface area (Å²) >= 11 is 6.10. The molecule has 0 atom stereocenters. The molecule has 0 radical (unpaired) electrons. The maximum absolute atomic E-state index is 13.3. The topological polar surface area (TPSA) is 73.1 Å². The summed E-state index contributed by atoms with van der Waals surface area (Å²) in [5.74, 6) is -0.254. The van der Waals surface area contributed by atoms with Crippen molar-refractivity contribution in [3.8, 4) is 5.69 Å². The van der Waals surface area contributed by atoms with Crippen LogP contribution in [0.15, 0.2) is 46.0 Å². The van der Waals surface area contributed by atoms with Crippen LogP contribution in [0.2, 0.25) is 5.02 Å². The van der Waals surface area contributed by atoms with Gasteiger partial charge in [-0.05, 0) is 68.1 Å². The van der Waals surface area contributed by atoms with Gasteiger partial charge in [0.05, 0.1) is 16.6 Å². The molecular formula is C21H20ClN3O3. The number of hydrogen-bond acceptors (Lipinski definition) is 3. The number of nitrogens with zero attached hydrogens (tertiary/aromatic N) is 2. The Balaban J connectivity index is 1.96. The van der Waals surface area contributed by atoms with Gasteiger partial charge in [0.25, 0.3) is 5.56 Å². The zero-order valence-electron chi connectivity index (χ0n) is 15.7. The van der Waals surface area contributed by atoms with Gasteiger partial charge in [-0.2, -0.15) is 0 Å². The largest absolute Gasteiger partial charge is 0.352 e. The van der Waals surface area contributed by atoms with Gasteiger partial charge in [-0.1, -0.05) is 17.7 Å². The van der Waals surface area contributed by atoms with Gasteiger partial charge in [0.15, 0.2) is 0 Å². The number of amides is 1. The highest BCUT2D eigenvalue weighted by Gasteiger charge is 2.24. The number of carbonyl (C=O) groups excluding carboxylic acids is 1. The molecule has 1 amide bonds. The van der Waals surface area contributed by atoms with E-state index in [0.717, 1.165) is 28.5 Å². The number of carbonyl (C=O) groups is 1. The Bertz CT molecular complexity index is 1220. The molecule has 4 rings (SSSR count). The van der Waals surface area contributed by atoms with E-state index in [9.17, 15) is 14.4 Å². The van der Waals surface area contributed by atoms with Crippen molar-refractivity contribution in [3.05, 3.63) is 73.4 Å². The summed E-state index contributed by atoms with van der Waals surface area (Å²) in [6.07, 6.45) is 1.91. The summed E-state index contributed by atoms with van der Waals surface area (Å²) in [7, 11) is 0. The summed E-state index contributed by atoms with van der Waals surface area (Å²) in [4.78, 5) is 38.7. The predicted octanol–water partition coefficient (Wildman–Crippen LogP) is 2.70. The lowest BCUT2D eigenvalue weighted by Crippen LogP contribution is -2.42. The summed E-state index contributed by atoms with van der Waals surface area (Å²) in [5, 5.41) is 3.61. The molecule has 1 heterocycles. The molecule has 3 aromatic rings. The molecule has 144 valence electrons. The molecule has 1 aromatic heterocycles. The maximum Gasteiger partial charge on any atom is 0.336 e.